The predicted octanol–water partition coefficient (Wildman–Crippen LogP) is 3.89. The number of anilines is 1. The van der Waals surface area contributed by atoms with E-state index in [1.165, 1.54) is 11.8 Å². The molecule has 6 heteroatoms. The fraction of sp³-hybridized carbons (Fsp3) is 0.150. The van der Waals surface area contributed by atoms with Crippen LogP contribution in [-0.2, 0) is 4.79 Å². The van der Waals surface area contributed by atoms with Crippen LogP contribution >= 0.6 is 11.8 Å². The Morgan fingerprint density at radius 2 is 1.92 bits per heavy atom. The topological polar surface area (TPSA) is 51.0 Å². The number of thioether (sulfide) groups is 1. The smallest absolute Gasteiger partial charge is 0.237 e. The van der Waals surface area contributed by atoms with Gasteiger partial charge in [0, 0.05) is 12.2 Å². The zero-order valence-corrected chi connectivity index (χ0v) is 15.4. The van der Waals surface area contributed by atoms with Gasteiger partial charge in [0.15, 0.2) is 5.16 Å². The van der Waals surface area contributed by atoms with E-state index in [1.54, 1.807) is 17.3 Å². The fourth-order valence-corrected chi connectivity index (χ4v) is 3.41. The monoisotopic (exact) mass is 364 g/mol. The number of rotatable bonds is 7. The molecule has 0 saturated carbocycles. The first-order valence-electron chi connectivity index (χ1n) is 8.26. The van der Waals surface area contributed by atoms with Gasteiger partial charge in [0.05, 0.1) is 11.4 Å². The largest absolute Gasteiger partial charge is 0.308 e. The van der Waals surface area contributed by atoms with Gasteiger partial charge in [-0.05, 0) is 30.7 Å². The lowest BCUT2D eigenvalue weighted by atomic mass is 10.2. The summed E-state index contributed by atoms with van der Waals surface area (Å²) in [5.41, 5.74) is 3.00. The quantitative estimate of drug-likeness (QED) is 0.471. The summed E-state index contributed by atoms with van der Waals surface area (Å²) in [6.45, 7) is 6.26. The molecule has 3 rings (SSSR count). The molecule has 1 amide bonds. The van der Waals surface area contributed by atoms with Crippen molar-refractivity contribution in [2.75, 3.05) is 17.2 Å². The van der Waals surface area contributed by atoms with E-state index < -0.39 is 0 Å². The van der Waals surface area contributed by atoms with Crippen molar-refractivity contribution in [2.45, 2.75) is 12.1 Å². The Morgan fingerprint density at radius 3 is 2.65 bits per heavy atom. The third-order valence-corrected chi connectivity index (χ3v) is 4.82. The summed E-state index contributed by atoms with van der Waals surface area (Å²) in [6.07, 6.45) is 3.40. The zero-order chi connectivity index (χ0) is 18.4. The van der Waals surface area contributed by atoms with Crippen LogP contribution in [0.25, 0.3) is 5.69 Å². The van der Waals surface area contributed by atoms with Crippen LogP contribution in [0.2, 0.25) is 0 Å². The molecule has 0 saturated heterocycles. The Labute approximate surface area is 157 Å². The highest BCUT2D eigenvalue weighted by Gasteiger charge is 2.17. The maximum atomic E-state index is 12.7. The lowest BCUT2D eigenvalue weighted by Crippen LogP contribution is -2.32. The molecule has 5 nitrogen and oxygen atoms in total. The van der Waals surface area contributed by atoms with Crippen LogP contribution < -0.4 is 4.90 Å². The number of para-hydroxylation sites is 2. The molecule has 0 N–H and O–H groups in total. The van der Waals surface area contributed by atoms with Gasteiger partial charge < -0.3 is 4.90 Å². The van der Waals surface area contributed by atoms with Gasteiger partial charge in [-0.15, -0.1) is 16.8 Å². The fourth-order valence-electron chi connectivity index (χ4n) is 2.61. The van der Waals surface area contributed by atoms with Gasteiger partial charge >= 0.3 is 0 Å². The SMILES string of the molecule is C=CCN(C(=O)CSc1nncn1-c1ccccc1C)c1ccccc1. The molecule has 3 aromatic rings. The highest BCUT2D eigenvalue weighted by molar-refractivity contribution is 7.99. The Morgan fingerprint density at radius 1 is 1.19 bits per heavy atom. The molecular formula is C20H20N4OS. The van der Waals surface area contributed by atoms with Crippen LogP contribution in [0.15, 0.2) is 78.7 Å². The van der Waals surface area contributed by atoms with Gasteiger partial charge in [0.1, 0.15) is 6.33 Å². The summed E-state index contributed by atoms with van der Waals surface area (Å²) in [5, 5.41) is 8.87. The highest BCUT2D eigenvalue weighted by Crippen LogP contribution is 2.23. The molecule has 0 aliphatic rings. The number of amides is 1. The van der Waals surface area contributed by atoms with Gasteiger partial charge in [-0.25, -0.2) is 0 Å². The van der Waals surface area contributed by atoms with Crippen LogP contribution in [0, 0.1) is 6.92 Å². The average molecular weight is 364 g/mol. The van der Waals surface area contributed by atoms with Crippen molar-refractivity contribution in [1.29, 1.82) is 0 Å². The van der Waals surface area contributed by atoms with E-state index in [0.717, 1.165) is 16.9 Å². The van der Waals surface area contributed by atoms with E-state index in [0.29, 0.717) is 11.7 Å². The molecule has 0 aliphatic heterocycles. The summed E-state index contributed by atoms with van der Waals surface area (Å²) in [6, 6.07) is 17.6. The first kappa shape index (κ1) is 17.9. The summed E-state index contributed by atoms with van der Waals surface area (Å²) >= 11 is 1.38. The first-order valence-corrected chi connectivity index (χ1v) is 9.24. The minimum absolute atomic E-state index is 0.000401. The number of aromatic nitrogens is 3. The van der Waals surface area contributed by atoms with Gasteiger partial charge in [0.2, 0.25) is 5.91 Å². The van der Waals surface area contributed by atoms with E-state index in [-0.39, 0.29) is 11.7 Å². The van der Waals surface area contributed by atoms with E-state index in [9.17, 15) is 4.79 Å². The molecule has 1 aromatic heterocycles. The minimum Gasteiger partial charge on any atom is -0.308 e. The van der Waals surface area contributed by atoms with Gasteiger partial charge in [0.25, 0.3) is 0 Å². The van der Waals surface area contributed by atoms with E-state index in [2.05, 4.69) is 16.8 Å². The van der Waals surface area contributed by atoms with Crippen molar-refractivity contribution in [3.63, 3.8) is 0 Å². The molecule has 0 atom stereocenters. The molecule has 1 heterocycles. The molecule has 0 bridgehead atoms. The number of benzene rings is 2. The maximum Gasteiger partial charge on any atom is 0.237 e. The summed E-state index contributed by atoms with van der Waals surface area (Å²) < 4.78 is 1.91. The molecular weight excluding hydrogens is 344 g/mol. The first-order chi connectivity index (χ1) is 12.7. The Hall–Kier alpha value is -2.86. The van der Waals surface area contributed by atoms with Crippen molar-refractivity contribution < 1.29 is 4.79 Å². The highest BCUT2D eigenvalue weighted by atomic mass is 32.2. The van der Waals surface area contributed by atoms with E-state index >= 15 is 0 Å². The molecule has 26 heavy (non-hydrogen) atoms. The number of nitrogens with zero attached hydrogens (tertiary/aromatic N) is 4. The molecule has 0 fully saturated rings. The minimum atomic E-state index is 0.000401. The lowest BCUT2D eigenvalue weighted by Gasteiger charge is -2.21. The number of carbonyl (C=O) groups is 1. The van der Waals surface area contributed by atoms with E-state index in [4.69, 9.17) is 0 Å². The molecule has 0 spiro atoms. The second-order valence-corrected chi connectivity index (χ2v) is 6.63. The van der Waals surface area contributed by atoms with Crippen molar-refractivity contribution >= 4 is 23.4 Å². The molecule has 0 aliphatic carbocycles. The van der Waals surface area contributed by atoms with Crippen molar-refractivity contribution in [2.24, 2.45) is 0 Å². The number of carbonyl (C=O) groups excluding carboxylic acids is 1. The molecule has 2 aromatic carbocycles. The van der Waals surface area contributed by atoms with Crippen molar-refractivity contribution in [3.8, 4) is 5.69 Å². The summed E-state index contributed by atoms with van der Waals surface area (Å²) in [5.74, 6) is 0.272. The number of aryl methyl sites for hydroxylation is 1. The van der Waals surface area contributed by atoms with Crippen LogP contribution in [-0.4, -0.2) is 33.0 Å². The van der Waals surface area contributed by atoms with Crippen LogP contribution in [0.4, 0.5) is 5.69 Å². The average Bonchev–Trinajstić information content (AvgIpc) is 3.13. The predicted molar refractivity (Wildman–Crippen MR) is 106 cm³/mol. The second kappa shape index (κ2) is 8.49. The maximum absolute atomic E-state index is 12.7. The molecule has 0 unspecified atom stereocenters. The summed E-state index contributed by atoms with van der Waals surface area (Å²) in [4.78, 5) is 14.5. The second-order valence-electron chi connectivity index (χ2n) is 5.69. The third-order valence-electron chi connectivity index (χ3n) is 3.90. The summed E-state index contributed by atoms with van der Waals surface area (Å²) in [7, 11) is 0. The standard InChI is InChI=1S/C20H20N4OS/c1-3-13-23(17-10-5-4-6-11-17)19(25)14-26-20-22-21-15-24(20)18-12-8-7-9-16(18)2/h3-12,15H,1,13-14H2,2H3. The van der Waals surface area contributed by atoms with E-state index in [1.807, 2.05) is 66.1 Å². The zero-order valence-electron chi connectivity index (χ0n) is 14.6. The van der Waals surface area contributed by atoms with Crippen LogP contribution in [0.3, 0.4) is 0 Å². The van der Waals surface area contributed by atoms with Gasteiger partial charge in [-0.3, -0.25) is 9.36 Å². The van der Waals surface area contributed by atoms with Crippen LogP contribution in [0.1, 0.15) is 5.56 Å². The Balaban J connectivity index is 1.75. The lowest BCUT2D eigenvalue weighted by molar-refractivity contribution is -0.116. The van der Waals surface area contributed by atoms with Crippen molar-refractivity contribution in [1.82, 2.24) is 14.8 Å². The normalized spacial score (nSPS) is 10.5. The number of hydrogen-bond donors (Lipinski definition) is 0. The Bertz CT molecular complexity index is 892. The Kier molecular flexibility index (Phi) is 5.86. The number of hydrogen-bond acceptors (Lipinski definition) is 4. The molecule has 132 valence electrons. The van der Waals surface area contributed by atoms with Crippen molar-refractivity contribution in [3.05, 3.63) is 79.1 Å². The van der Waals surface area contributed by atoms with Gasteiger partial charge in [-0.2, -0.15) is 0 Å². The van der Waals surface area contributed by atoms with Gasteiger partial charge in [-0.1, -0.05) is 54.2 Å². The third kappa shape index (κ3) is 4.03. The van der Waals surface area contributed by atoms with Crippen LogP contribution in [0.5, 0.6) is 0 Å². The molecule has 0 radical (unpaired) electrons.